The molecule has 0 radical (unpaired) electrons. The third-order valence-corrected chi connectivity index (χ3v) is 5.63. The molecule has 0 saturated carbocycles. The van der Waals surface area contributed by atoms with Gasteiger partial charge >= 0.3 is 0 Å². The number of fused-ring (bicyclic) bond motifs is 2. The second-order valence-corrected chi connectivity index (χ2v) is 8.28. The summed E-state index contributed by atoms with van der Waals surface area (Å²) in [4.78, 5) is 0. The molecule has 0 spiro atoms. The molecule has 1 heteroatoms. The van der Waals surface area contributed by atoms with Crippen LogP contribution in [0.3, 0.4) is 0 Å². The van der Waals surface area contributed by atoms with Crippen LogP contribution in [0.1, 0.15) is 66.8 Å². The van der Waals surface area contributed by atoms with Gasteiger partial charge in [0.05, 0.1) is 0 Å². The van der Waals surface area contributed by atoms with Gasteiger partial charge in [0.1, 0.15) is 0 Å². The number of hydrogen-bond acceptors (Lipinski definition) is 0. The Morgan fingerprint density at radius 1 is 1.04 bits per heavy atom. The summed E-state index contributed by atoms with van der Waals surface area (Å²) < 4.78 is 0. The molecule has 2 aliphatic rings. The predicted octanol–water partition coefficient (Wildman–Crippen LogP) is 6.11. The Bertz CT molecular complexity index is 755. The second kappa shape index (κ2) is 6.75. The number of allylic oxidation sites excluding steroid dienone is 1. The SMILES string of the molecule is CC(CC1C=Cc2cc3c(cc21)CC(C)(C)C3)c1ccccc1.[Hf]. The fraction of sp³-hybridized carbons (Fsp3) is 0.391. The van der Waals surface area contributed by atoms with Crippen molar-refractivity contribution in [2.45, 2.75) is 51.9 Å². The topological polar surface area (TPSA) is 0 Å². The van der Waals surface area contributed by atoms with Gasteiger partial charge in [-0.1, -0.05) is 75.4 Å². The number of benzene rings is 2. The molecule has 2 unspecified atom stereocenters. The van der Waals surface area contributed by atoms with Crippen LogP contribution >= 0.6 is 0 Å². The first-order valence-corrected chi connectivity index (χ1v) is 8.91. The van der Waals surface area contributed by atoms with Gasteiger partial charge in [-0.05, 0) is 58.4 Å². The zero-order chi connectivity index (χ0) is 16.0. The molecule has 0 aliphatic heterocycles. The van der Waals surface area contributed by atoms with Gasteiger partial charge in [-0.15, -0.1) is 0 Å². The molecule has 0 saturated heterocycles. The van der Waals surface area contributed by atoms with Crippen LogP contribution in [-0.2, 0) is 38.7 Å². The summed E-state index contributed by atoms with van der Waals surface area (Å²) in [5.41, 5.74) is 8.09. The summed E-state index contributed by atoms with van der Waals surface area (Å²) in [5.74, 6) is 1.18. The summed E-state index contributed by atoms with van der Waals surface area (Å²) >= 11 is 0. The van der Waals surface area contributed by atoms with Gasteiger partial charge < -0.3 is 0 Å². The fourth-order valence-electron chi connectivity index (χ4n) is 4.44. The van der Waals surface area contributed by atoms with Gasteiger partial charge in [-0.25, -0.2) is 0 Å². The van der Waals surface area contributed by atoms with E-state index in [1.165, 1.54) is 30.4 Å². The average molecular weight is 481 g/mol. The molecule has 2 atom stereocenters. The van der Waals surface area contributed by atoms with E-state index in [0.29, 0.717) is 17.3 Å². The summed E-state index contributed by atoms with van der Waals surface area (Å²) in [5, 5.41) is 0. The summed E-state index contributed by atoms with van der Waals surface area (Å²) in [6.07, 6.45) is 8.44. The predicted molar refractivity (Wildman–Crippen MR) is 98.9 cm³/mol. The smallest absolute Gasteiger partial charge is 0.00330 e. The van der Waals surface area contributed by atoms with E-state index in [0.717, 1.165) is 0 Å². The van der Waals surface area contributed by atoms with Crippen molar-refractivity contribution < 1.29 is 25.8 Å². The maximum Gasteiger partial charge on any atom is 0.00330 e. The molecular weight excluding hydrogens is 455 g/mol. The van der Waals surface area contributed by atoms with E-state index in [2.05, 4.69) is 75.4 Å². The van der Waals surface area contributed by atoms with Gasteiger partial charge in [0.2, 0.25) is 0 Å². The zero-order valence-electron chi connectivity index (χ0n) is 15.0. The molecule has 0 aromatic heterocycles. The quantitative estimate of drug-likeness (QED) is 0.465. The number of rotatable bonds is 3. The normalized spacial score (nSPS) is 21.0. The third kappa shape index (κ3) is 3.38. The minimum atomic E-state index is 0. The molecule has 0 bridgehead atoms. The standard InChI is InChI=1S/C23H26.Hf/c1-16(17-7-5-4-6-8-17)11-18-9-10-19-12-20-14-23(2,3)15-21(20)13-22(18)19;/h4-10,12-13,16,18H,11,14-15H2,1-3H3;. The van der Waals surface area contributed by atoms with Crippen molar-refractivity contribution >= 4 is 6.08 Å². The molecular formula is C23H26Hf. The van der Waals surface area contributed by atoms with E-state index in [9.17, 15) is 0 Å². The van der Waals surface area contributed by atoms with Crippen molar-refractivity contribution in [3.63, 3.8) is 0 Å². The van der Waals surface area contributed by atoms with Crippen molar-refractivity contribution in [1.29, 1.82) is 0 Å². The molecule has 2 aromatic rings. The minimum absolute atomic E-state index is 0. The van der Waals surface area contributed by atoms with Crippen molar-refractivity contribution in [2.24, 2.45) is 5.41 Å². The van der Waals surface area contributed by atoms with Crippen LogP contribution in [-0.4, -0.2) is 0 Å². The van der Waals surface area contributed by atoms with E-state index in [4.69, 9.17) is 0 Å². The van der Waals surface area contributed by atoms with Crippen molar-refractivity contribution in [1.82, 2.24) is 0 Å². The fourth-order valence-corrected chi connectivity index (χ4v) is 4.44. The molecule has 122 valence electrons. The van der Waals surface area contributed by atoms with Gasteiger partial charge in [-0.3, -0.25) is 0 Å². The van der Waals surface area contributed by atoms with Crippen LogP contribution in [0.4, 0.5) is 0 Å². The third-order valence-electron chi connectivity index (χ3n) is 5.63. The van der Waals surface area contributed by atoms with Crippen LogP contribution in [0.15, 0.2) is 48.5 Å². The Morgan fingerprint density at radius 2 is 1.71 bits per heavy atom. The average Bonchev–Trinajstić information content (AvgIpc) is 3.04. The number of hydrogen-bond donors (Lipinski definition) is 0. The monoisotopic (exact) mass is 482 g/mol. The van der Waals surface area contributed by atoms with E-state index < -0.39 is 0 Å². The van der Waals surface area contributed by atoms with Crippen molar-refractivity contribution in [2.75, 3.05) is 0 Å². The Kier molecular flexibility index (Phi) is 5.02. The molecule has 2 aliphatic carbocycles. The summed E-state index contributed by atoms with van der Waals surface area (Å²) in [7, 11) is 0. The molecule has 0 amide bonds. The maximum atomic E-state index is 2.52. The first-order chi connectivity index (χ1) is 11.0. The Hall–Kier alpha value is -0.950. The van der Waals surface area contributed by atoms with Crippen LogP contribution in [0, 0.1) is 5.41 Å². The van der Waals surface area contributed by atoms with E-state index >= 15 is 0 Å². The van der Waals surface area contributed by atoms with Gasteiger partial charge in [0.25, 0.3) is 0 Å². The molecule has 0 fully saturated rings. The van der Waals surface area contributed by atoms with Crippen LogP contribution < -0.4 is 0 Å². The van der Waals surface area contributed by atoms with E-state index in [1.54, 1.807) is 16.7 Å². The van der Waals surface area contributed by atoms with Crippen molar-refractivity contribution in [3.8, 4) is 0 Å². The zero-order valence-corrected chi connectivity index (χ0v) is 18.6. The van der Waals surface area contributed by atoms with Gasteiger partial charge in [-0.2, -0.15) is 0 Å². The van der Waals surface area contributed by atoms with Gasteiger partial charge in [0.15, 0.2) is 0 Å². The Balaban J connectivity index is 0.00000169. The largest absolute Gasteiger partial charge is 0.0764 e. The first-order valence-electron chi connectivity index (χ1n) is 8.91. The summed E-state index contributed by atoms with van der Waals surface area (Å²) in [6.45, 7) is 7.14. The summed E-state index contributed by atoms with van der Waals surface area (Å²) in [6, 6.07) is 15.9. The van der Waals surface area contributed by atoms with Gasteiger partial charge in [0, 0.05) is 31.8 Å². The minimum Gasteiger partial charge on any atom is -0.0764 e. The van der Waals surface area contributed by atoms with Crippen LogP contribution in [0.5, 0.6) is 0 Å². The van der Waals surface area contributed by atoms with E-state index in [1.807, 2.05) is 0 Å². The first kappa shape index (κ1) is 17.9. The molecule has 4 rings (SSSR count). The molecule has 0 N–H and O–H groups in total. The van der Waals surface area contributed by atoms with E-state index in [-0.39, 0.29) is 25.8 Å². The molecule has 0 heterocycles. The molecule has 0 nitrogen and oxygen atoms in total. The Labute approximate surface area is 165 Å². The van der Waals surface area contributed by atoms with Crippen molar-refractivity contribution in [3.05, 3.63) is 76.4 Å². The van der Waals surface area contributed by atoms with Crippen LogP contribution in [0.2, 0.25) is 0 Å². The van der Waals surface area contributed by atoms with Crippen LogP contribution in [0.25, 0.3) is 6.08 Å². The molecule has 2 aromatic carbocycles. The Morgan fingerprint density at radius 3 is 2.42 bits per heavy atom. The maximum absolute atomic E-state index is 2.52. The molecule has 24 heavy (non-hydrogen) atoms. The second-order valence-electron chi connectivity index (χ2n) is 8.28.